The molecule has 2 heterocycles. The maximum absolute atomic E-state index is 6.56. The molecule has 2 aliphatic heterocycles. The van der Waals surface area contributed by atoms with Crippen LogP contribution in [0.1, 0.15) is 54.4 Å². The lowest BCUT2D eigenvalue weighted by atomic mass is 9.77. The van der Waals surface area contributed by atoms with Crippen molar-refractivity contribution in [3.63, 3.8) is 0 Å². The Hall–Kier alpha value is -2.26. The lowest BCUT2D eigenvalue weighted by Crippen LogP contribution is -2.46. The highest BCUT2D eigenvalue weighted by atomic mass is 79.9. The summed E-state index contributed by atoms with van der Waals surface area (Å²) < 4.78 is 14.2. The molecule has 0 saturated heterocycles. The summed E-state index contributed by atoms with van der Waals surface area (Å²) in [5.74, 6) is 1.77. The first kappa shape index (κ1) is 16.9. The van der Waals surface area contributed by atoms with Crippen LogP contribution >= 0.6 is 15.9 Å². The summed E-state index contributed by atoms with van der Waals surface area (Å²) in [4.78, 5) is 0. The number of benzene rings is 3. The Balaban J connectivity index is 1.74. The summed E-state index contributed by atoms with van der Waals surface area (Å²) in [5.41, 5.74) is 4.88. The molecule has 0 aliphatic carbocycles. The quantitative estimate of drug-likeness (QED) is 0.457. The Kier molecular flexibility index (Phi) is 3.83. The molecule has 3 aromatic rings. The zero-order valence-electron chi connectivity index (χ0n) is 15.4. The number of hydrogen-bond acceptors (Lipinski definition) is 2. The average Bonchev–Trinajstić information content (AvgIpc) is 2.69. The molecular weight excluding hydrogens is 400 g/mol. The molecule has 0 N–H and O–H groups in total. The lowest BCUT2D eigenvalue weighted by Gasteiger charge is -2.46. The van der Waals surface area contributed by atoms with E-state index in [1.54, 1.807) is 0 Å². The van der Waals surface area contributed by atoms with Crippen LogP contribution in [0.4, 0.5) is 0 Å². The Bertz CT molecular complexity index is 1010. The second-order valence-electron chi connectivity index (χ2n) is 7.71. The molecule has 0 unspecified atom stereocenters. The van der Waals surface area contributed by atoms with Gasteiger partial charge in [0.1, 0.15) is 11.5 Å². The van der Waals surface area contributed by atoms with Gasteiger partial charge >= 0.3 is 0 Å². The number of hydrogen-bond donors (Lipinski definition) is 0. The van der Waals surface area contributed by atoms with Crippen molar-refractivity contribution in [3.05, 3.63) is 93.5 Å². The Morgan fingerprint density at radius 1 is 0.889 bits per heavy atom. The molecule has 3 aromatic carbocycles. The topological polar surface area (TPSA) is 18.5 Å². The molecule has 2 aliphatic rings. The minimum absolute atomic E-state index is 0.244. The van der Waals surface area contributed by atoms with E-state index in [4.69, 9.17) is 9.47 Å². The van der Waals surface area contributed by atoms with E-state index < -0.39 is 5.79 Å². The fraction of sp³-hybridized carbons (Fsp3) is 0.250. The van der Waals surface area contributed by atoms with E-state index in [9.17, 15) is 0 Å². The third kappa shape index (κ3) is 2.68. The highest BCUT2D eigenvalue weighted by molar-refractivity contribution is 9.10. The Morgan fingerprint density at radius 3 is 2.26 bits per heavy atom. The van der Waals surface area contributed by atoms with Crippen LogP contribution in [-0.2, 0) is 5.79 Å². The van der Waals surface area contributed by atoms with E-state index >= 15 is 0 Å². The molecule has 0 aromatic heterocycles. The zero-order chi connectivity index (χ0) is 18.6. The number of ether oxygens (including phenoxy) is 2. The molecule has 0 saturated carbocycles. The molecule has 2 bridgehead atoms. The molecule has 0 fully saturated rings. The van der Waals surface area contributed by atoms with Crippen molar-refractivity contribution in [1.29, 1.82) is 0 Å². The van der Waals surface area contributed by atoms with Crippen LogP contribution in [-0.4, -0.2) is 0 Å². The number of fused-ring (bicyclic) bond motifs is 6. The minimum atomic E-state index is -0.779. The molecule has 5 rings (SSSR count). The van der Waals surface area contributed by atoms with Gasteiger partial charge in [0.25, 0.3) is 5.79 Å². The van der Waals surface area contributed by atoms with Gasteiger partial charge in [0, 0.05) is 33.5 Å². The van der Waals surface area contributed by atoms with Crippen LogP contribution in [0.2, 0.25) is 0 Å². The summed E-state index contributed by atoms with van der Waals surface area (Å²) >= 11 is 3.63. The first-order chi connectivity index (χ1) is 13.1. The standard InChI is InChI=1S/C24H21BrO2/c1-15(2)16-8-10-22-19(12-16)21-14-24(26-22,17-6-4-3-5-7-17)27-23-11-9-18(25)13-20(21)23/h3-13,15,21H,14H2,1-2H3/t21-,24-/m1/s1. The van der Waals surface area contributed by atoms with Crippen molar-refractivity contribution >= 4 is 15.9 Å². The molecule has 0 amide bonds. The van der Waals surface area contributed by atoms with Gasteiger partial charge in [-0.15, -0.1) is 0 Å². The van der Waals surface area contributed by atoms with Gasteiger partial charge in [0.2, 0.25) is 0 Å². The van der Waals surface area contributed by atoms with Crippen molar-refractivity contribution in [2.75, 3.05) is 0 Å². The van der Waals surface area contributed by atoms with Crippen molar-refractivity contribution < 1.29 is 9.47 Å². The fourth-order valence-electron chi connectivity index (χ4n) is 4.22. The van der Waals surface area contributed by atoms with E-state index in [0.29, 0.717) is 5.92 Å². The maximum atomic E-state index is 6.56. The van der Waals surface area contributed by atoms with E-state index in [2.05, 4.69) is 66.2 Å². The average molecular weight is 421 g/mol. The first-order valence-corrected chi connectivity index (χ1v) is 10.2. The maximum Gasteiger partial charge on any atom is 0.278 e. The monoisotopic (exact) mass is 420 g/mol. The van der Waals surface area contributed by atoms with Gasteiger partial charge in [-0.25, -0.2) is 0 Å². The van der Waals surface area contributed by atoms with Gasteiger partial charge in [-0.3, -0.25) is 0 Å². The summed E-state index contributed by atoms with van der Waals surface area (Å²) in [7, 11) is 0. The van der Waals surface area contributed by atoms with E-state index in [0.717, 1.165) is 28.0 Å². The highest BCUT2D eigenvalue weighted by Gasteiger charge is 2.49. The molecule has 3 heteroatoms. The first-order valence-electron chi connectivity index (χ1n) is 9.42. The van der Waals surface area contributed by atoms with Crippen LogP contribution in [0.3, 0.4) is 0 Å². The fourth-order valence-corrected chi connectivity index (χ4v) is 4.60. The van der Waals surface area contributed by atoms with Crippen LogP contribution in [0.25, 0.3) is 0 Å². The van der Waals surface area contributed by atoms with Crippen molar-refractivity contribution in [3.8, 4) is 11.5 Å². The highest BCUT2D eigenvalue weighted by Crippen LogP contribution is 2.55. The van der Waals surface area contributed by atoms with Crippen molar-refractivity contribution in [2.24, 2.45) is 0 Å². The Morgan fingerprint density at radius 2 is 1.56 bits per heavy atom. The zero-order valence-corrected chi connectivity index (χ0v) is 17.0. The summed E-state index contributed by atoms with van der Waals surface area (Å²) in [6.45, 7) is 4.46. The molecule has 2 nitrogen and oxygen atoms in total. The van der Waals surface area contributed by atoms with Gasteiger partial charge in [0.15, 0.2) is 0 Å². The smallest absolute Gasteiger partial charge is 0.278 e. The number of rotatable bonds is 2. The third-order valence-electron chi connectivity index (χ3n) is 5.66. The van der Waals surface area contributed by atoms with Crippen molar-refractivity contribution in [1.82, 2.24) is 0 Å². The molecule has 0 radical (unpaired) electrons. The van der Waals surface area contributed by atoms with E-state index in [-0.39, 0.29) is 5.92 Å². The van der Waals surface area contributed by atoms with Crippen LogP contribution in [0, 0.1) is 0 Å². The van der Waals surface area contributed by atoms with E-state index in [1.165, 1.54) is 16.7 Å². The normalized spacial score (nSPS) is 22.4. The third-order valence-corrected chi connectivity index (χ3v) is 6.15. The summed E-state index contributed by atoms with van der Waals surface area (Å²) in [5, 5.41) is 0. The van der Waals surface area contributed by atoms with E-state index in [1.807, 2.05) is 30.3 Å². The second kappa shape index (κ2) is 6.13. The SMILES string of the molecule is CC(C)c1ccc2c(c1)[C@H]1C[C@](c3ccccc3)(Oc3ccc(Br)cc31)O2. The summed E-state index contributed by atoms with van der Waals surface area (Å²) in [6, 6.07) is 23.2. The van der Waals surface area contributed by atoms with Crippen LogP contribution in [0.15, 0.2) is 71.2 Å². The van der Waals surface area contributed by atoms with Crippen LogP contribution in [0.5, 0.6) is 11.5 Å². The minimum Gasteiger partial charge on any atom is -0.448 e. The van der Waals surface area contributed by atoms with Gasteiger partial charge in [-0.1, -0.05) is 72.2 Å². The number of halogens is 1. The predicted molar refractivity (Wildman–Crippen MR) is 111 cm³/mol. The van der Waals surface area contributed by atoms with Gasteiger partial charge in [-0.2, -0.15) is 0 Å². The largest absolute Gasteiger partial charge is 0.448 e. The summed E-state index contributed by atoms with van der Waals surface area (Å²) in [6.07, 6.45) is 0.773. The predicted octanol–water partition coefficient (Wildman–Crippen LogP) is 6.73. The lowest BCUT2D eigenvalue weighted by molar-refractivity contribution is -0.148. The molecule has 136 valence electrons. The molecule has 27 heavy (non-hydrogen) atoms. The van der Waals surface area contributed by atoms with Gasteiger partial charge < -0.3 is 9.47 Å². The van der Waals surface area contributed by atoms with Gasteiger partial charge in [0.05, 0.1) is 0 Å². The molecular formula is C24H21BrO2. The Labute approximate surface area is 168 Å². The van der Waals surface area contributed by atoms with Gasteiger partial charge in [-0.05, 0) is 35.7 Å². The van der Waals surface area contributed by atoms with Crippen LogP contribution < -0.4 is 9.47 Å². The van der Waals surface area contributed by atoms with Crippen molar-refractivity contribution in [2.45, 2.75) is 37.9 Å². The molecule has 0 spiro atoms. The second-order valence-corrected chi connectivity index (χ2v) is 8.63. The molecule has 2 atom stereocenters.